The van der Waals surface area contributed by atoms with Crippen LogP contribution in [0, 0.1) is 0 Å². The number of hydrogen-bond donors (Lipinski definition) is 2. The molecule has 0 atom stereocenters. The average Bonchev–Trinajstić information content (AvgIpc) is 2.08. The van der Waals surface area contributed by atoms with Crippen molar-refractivity contribution in [3.05, 3.63) is 26.5 Å². The maximum Gasteiger partial charge on any atom is 0.574 e. The van der Waals surface area contributed by atoms with E-state index in [0.29, 0.717) is 6.07 Å². The van der Waals surface area contributed by atoms with Crippen molar-refractivity contribution in [2.75, 3.05) is 0 Å². The van der Waals surface area contributed by atoms with Gasteiger partial charge in [-0.25, -0.2) is 0 Å². The number of nitrogens with two attached hydrogens (primary N) is 1. The van der Waals surface area contributed by atoms with Crippen LogP contribution in [0.25, 0.3) is 0 Å². The number of aromatic amines is 1. The number of hydrogen-bond acceptors (Lipinski definition) is 3. The topological polar surface area (TPSA) is 68.1 Å². The van der Waals surface area contributed by atoms with E-state index in [0.717, 1.165) is 0 Å². The molecule has 0 amide bonds. The lowest BCUT2D eigenvalue weighted by molar-refractivity contribution is -0.276. The predicted octanol–water partition coefficient (Wildman–Crippen LogP) is 1.49. The summed E-state index contributed by atoms with van der Waals surface area (Å²) in [6, 6.07) is 0.691. The summed E-state index contributed by atoms with van der Waals surface area (Å²) in [4.78, 5) is 13.4. The van der Waals surface area contributed by atoms with E-state index < -0.39 is 17.7 Å². The van der Waals surface area contributed by atoms with Gasteiger partial charge in [0.1, 0.15) is 0 Å². The van der Waals surface area contributed by atoms with E-state index in [1.54, 1.807) is 0 Å². The molecule has 1 rings (SSSR count). The number of pyridine rings is 1. The Bertz CT molecular complexity index is 416. The Morgan fingerprint density at radius 3 is 2.60 bits per heavy atom. The summed E-state index contributed by atoms with van der Waals surface area (Å²) in [5, 5.41) is 0. The standard InChI is InChI=1S/C7H6BrF3N2O2/c8-6-3(2-12)13-5(1-4(6)14)15-7(9,10)11/h1H,2,12H2,(H,13,14). The zero-order valence-electron chi connectivity index (χ0n) is 7.19. The van der Waals surface area contributed by atoms with Gasteiger partial charge in [-0.1, -0.05) is 0 Å². The lowest BCUT2D eigenvalue weighted by Crippen LogP contribution is -2.20. The fourth-order valence-corrected chi connectivity index (χ4v) is 1.27. The van der Waals surface area contributed by atoms with Gasteiger partial charge in [-0.15, -0.1) is 13.2 Å². The third-order valence-electron chi connectivity index (χ3n) is 1.45. The van der Waals surface area contributed by atoms with Crippen LogP contribution in [-0.2, 0) is 6.54 Å². The Morgan fingerprint density at radius 1 is 1.53 bits per heavy atom. The van der Waals surface area contributed by atoms with Crippen molar-refractivity contribution in [2.45, 2.75) is 12.9 Å². The molecule has 1 aromatic rings. The lowest BCUT2D eigenvalue weighted by Gasteiger charge is -2.10. The van der Waals surface area contributed by atoms with E-state index in [4.69, 9.17) is 5.73 Å². The Morgan fingerprint density at radius 2 is 2.13 bits per heavy atom. The molecule has 84 valence electrons. The molecule has 0 aromatic carbocycles. The van der Waals surface area contributed by atoms with Crippen molar-refractivity contribution < 1.29 is 17.9 Å². The normalized spacial score (nSPS) is 11.5. The molecule has 8 heteroatoms. The minimum absolute atomic E-state index is 0.0968. The van der Waals surface area contributed by atoms with Crippen LogP contribution in [0.1, 0.15) is 5.69 Å². The molecule has 0 fully saturated rings. The molecule has 15 heavy (non-hydrogen) atoms. The second kappa shape index (κ2) is 4.23. The quantitative estimate of drug-likeness (QED) is 0.866. The summed E-state index contributed by atoms with van der Waals surface area (Å²) in [5.41, 5.74) is 4.72. The van der Waals surface area contributed by atoms with Crippen molar-refractivity contribution in [1.82, 2.24) is 4.98 Å². The summed E-state index contributed by atoms with van der Waals surface area (Å²) < 4.78 is 39.1. The highest BCUT2D eigenvalue weighted by molar-refractivity contribution is 9.10. The summed E-state index contributed by atoms with van der Waals surface area (Å²) in [7, 11) is 0. The van der Waals surface area contributed by atoms with Crippen LogP contribution in [-0.4, -0.2) is 11.3 Å². The molecule has 1 aromatic heterocycles. The third-order valence-corrected chi connectivity index (χ3v) is 2.32. The lowest BCUT2D eigenvalue weighted by atomic mass is 10.3. The van der Waals surface area contributed by atoms with Crippen LogP contribution in [0.5, 0.6) is 5.88 Å². The number of halogens is 4. The van der Waals surface area contributed by atoms with Gasteiger partial charge in [-0.2, -0.15) is 0 Å². The molecule has 0 aliphatic rings. The van der Waals surface area contributed by atoms with Crippen molar-refractivity contribution in [1.29, 1.82) is 0 Å². The molecule has 1 heterocycles. The number of ether oxygens (including phenoxy) is 1. The Hall–Kier alpha value is -1.02. The van der Waals surface area contributed by atoms with Gasteiger partial charge < -0.3 is 15.5 Å². The third kappa shape index (κ3) is 3.24. The van der Waals surface area contributed by atoms with E-state index in [9.17, 15) is 18.0 Å². The SMILES string of the molecule is NCc1[nH]c(OC(F)(F)F)cc(=O)c1Br. The van der Waals surface area contributed by atoms with E-state index >= 15 is 0 Å². The molecule has 0 aliphatic heterocycles. The molecule has 0 unspecified atom stereocenters. The zero-order chi connectivity index (χ0) is 11.6. The maximum atomic E-state index is 11.8. The maximum absolute atomic E-state index is 11.8. The summed E-state index contributed by atoms with van der Waals surface area (Å²) in [6.07, 6.45) is -4.84. The zero-order valence-corrected chi connectivity index (χ0v) is 8.78. The molecular formula is C7H6BrF3N2O2. The Kier molecular flexibility index (Phi) is 3.40. The minimum atomic E-state index is -4.84. The molecule has 0 aliphatic carbocycles. The average molecular weight is 287 g/mol. The number of alkyl halides is 3. The van der Waals surface area contributed by atoms with Gasteiger partial charge in [0.2, 0.25) is 5.88 Å². The smallest absolute Gasteiger partial charge is 0.390 e. The van der Waals surface area contributed by atoms with Crippen molar-refractivity contribution in [3.8, 4) is 5.88 Å². The largest absolute Gasteiger partial charge is 0.574 e. The second-order valence-corrected chi connectivity index (χ2v) is 3.34. The van der Waals surface area contributed by atoms with Crippen molar-refractivity contribution in [3.63, 3.8) is 0 Å². The molecule has 0 bridgehead atoms. The summed E-state index contributed by atoms with van der Waals surface area (Å²) in [5.74, 6) is -0.684. The van der Waals surface area contributed by atoms with Gasteiger partial charge in [0.05, 0.1) is 4.47 Å². The molecule has 0 saturated carbocycles. The van der Waals surface area contributed by atoms with Crippen molar-refractivity contribution in [2.24, 2.45) is 5.73 Å². The number of H-pyrrole nitrogens is 1. The first-order valence-electron chi connectivity index (χ1n) is 3.71. The summed E-state index contributed by atoms with van der Waals surface area (Å²) >= 11 is 2.89. The van der Waals surface area contributed by atoms with Gasteiger partial charge in [0.15, 0.2) is 5.43 Å². The van der Waals surface area contributed by atoms with Gasteiger partial charge in [0.25, 0.3) is 0 Å². The van der Waals surface area contributed by atoms with E-state index in [1.807, 2.05) is 0 Å². The highest BCUT2D eigenvalue weighted by atomic mass is 79.9. The van der Waals surface area contributed by atoms with Crippen LogP contribution in [0.2, 0.25) is 0 Å². The highest BCUT2D eigenvalue weighted by Crippen LogP contribution is 2.21. The number of nitrogens with one attached hydrogen (secondary N) is 1. The van der Waals surface area contributed by atoms with Gasteiger partial charge in [-0.3, -0.25) is 4.79 Å². The second-order valence-electron chi connectivity index (χ2n) is 2.54. The van der Waals surface area contributed by atoms with Crippen LogP contribution in [0.3, 0.4) is 0 Å². The number of aromatic nitrogens is 1. The molecule has 0 spiro atoms. The molecule has 0 radical (unpaired) electrons. The molecular weight excluding hydrogens is 281 g/mol. The monoisotopic (exact) mass is 286 g/mol. The van der Waals surface area contributed by atoms with Gasteiger partial charge >= 0.3 is 6.36 Å². The molecule has 4 nitrogen and oxygen atoms in total. The first kappa shape index (κ1) is 12.1. The van der Waals surface area contributed by atoms with Crippen LogP contribution in [0.15, 0.2) is 15.3 Å². The predicted molar refractivity (Wildman–Crippen MR) is 49.3 cm³/mol. The van der Waals surface area contributed by atoms with E-state index in [2.05, 4.69) is 25.7 Å². The number of rotatable bonds is 2. The van der Waals surface area contributed by atoms with Gasteiger partial charge in [0, 0.05) is 18.3 Å². The van der Waals surface area contributed by atoms with Crippen LogP contribution in [0.4, 0.5) is 13.2 Å². The van der Waals surface area contributed by atoms with Crippen LogP contribution < -0.4 is 15.9 Å². The first-order valence-corrected chi connectivity index (χ1v) is 4.50. The van der Waals surface area contributed by atoms with Gasteiger partial charge in [-0.05, 0) is 15.9 Å². The summed E-state index contributed by atoms with van der Waals surface area (Å²) in [6.45, 7) is -0.106. The molecule has 3 N–H and O–H groups in total. The van der Waals surface area contributed by atoms with Crippen molar-refractivity contribution >= 4 is 15.9 Å². The fraction of sp³-hybridized carbons (Fsp3) is 0.286. The van der Waals surface area contributed by atoms with Crippen LogP contribution >= 0.6 is 15.9 Å². The minimum Gasteiger partial charge on any atom is -0.390 e. The molecule has 0 saturated heterocycles. The first-order chi connectivity index (χ1) is 6.83. The Labute approximate surface area is 90.4 Å². The highest BCUT2D eigenvalue weighted by Gasteiger charge is 2.31. The Balaban J connectivity index is 3.12. The van der Waals surface area contributed by atoms with E-state index in [1.165, 1.54) is 0 Å². The van der Waals surface area contributed by atoms with E-state index in [-0.39, 0.29) is 16.7 Å². The fourth-order valence-electron chi connectivity index (χ4n) is 0.891.